The van der Waals surface area contributed by atoms with Crippen molar-refractivity contribution in [2.75, 3.05) is 26.2 Å². The number of nitrogens with zero attached hydrogens (tertiary/aromatic N) is 1. The van der Waals surface area contributed by atoms with Crippen LogP contribution < -0.4 is 5.32 Å². The van der Waals surface area contributed by atoms with Crippen LogP contribution in [0.15, 0.2) is 0 Å². The molecule has 3 heteroatoms. The van der Waals surface area contributed by atoms with Crippen molar-refractivity contribution >= 4 is 0 Å². The monoisotopic (exact) mass is 228 g/mol. The summed E-state index contributed by atoms with van der Waals surface area (Å²) in [6, 6.07) is 0.819. The average molecular weight is 228 g/mol. The lowest BCUT2D eigenvalue weighted by Gasteiger charge is -2.30. The quantitative estimate of drug-likeness (QED) is 0.627. The lowest BCUT2D eigenvalue weighted by Crippen LogP contribution is -2.46. The third-order valence-electron chi connectivity index (χ3n) is 3.28. The summed E-state index contributed by atoms with van der Waals surface area (Å²) in [5, 5.41) is 12.8. The van der Waals surface area contributed by atoms with E-state index in [9.17, 15) is 5.11 Å². The van der Waals surface area contributed by atoms with E-state index in [-0.39, 0.29) is 12.6 Å². The molecule has 1 atom stereocenters. The van der Waals surface area contributed by atoms with Gasteiger partial charge < -0.3 is 10.4 Å². The fourth-order valence-electron chi connectivity index (χ4n) is 1.95. The van der Waals surface area contributed by atoms with E-state index >= 15 is 0 Å². The lowest BCUT2D eigenvalue weighted by molar-refractivity contribution is 0.152. The Balaban J connectivity index is 2.31. The van der Waals surface area contributed by atoms with Gasteiger partial charge in [0.05, 0.1) is 6.61 Å². The fourth-order valence-corrected chi connectivity index (χ4v) is 1.95. The average Bonchev–Trinajstić information content (AvgIpc) is 3.06. The maximum atomic E-state index is 9.34. The lowest BCUT2D eigenvalue weighted by atomic mass is 10.2. The van der Waals surface area contributed by atoms with Gasteiger partial charge in [-0.2, -0.15) is 0 Å². The molecular formula is C13H28N2O. The van der Waals surface area contributed by atoms with Gasteiger partial charge in [-0.05, 0) is 45.6 Å². The van der Waals surface area contributed by atoms with Gasteiger partial charge in [0.25, 0.3) is 0 Å². The summed E-state index contributed by atoms with van der Waals surface area (Å²) in [7, 11) is 0. The zero-order chi connectivity index (χ0) is 12.0. The van der Waals surface area contributed by atoms with Crippen LogP contribution >= 0.6 is 0 Å². The number of aliphatic hydroxyl groups is 1. The number of hydrogen-bond acceptors (Lipinski definition) is 3. The summed E-state index contributed by atoms with van der Waals surface area (Å²) < 4.78 is 0. The van der Waals surface area contributed by atoms with Gasteiger partial charge in [-0.1, -0.05) is 6.92 Å². The first-order chi connectivity index (χ1) is 7.67. The Morgan fingerprint density at radius 3 is 2.50 bits per heavy atom. The van der Waals surface area contributed by atoms with Crippen molar-refractivity contribution < 1.29 is 5.11 Å². The van der Waals surface area contributed by atoms with Gasteiger partial charge in [-0.3, -0.25) is 4.90 Å². The van der Waals surface area contributed by atoms with E-state index < -0.39 is 0 Å². The molecule has 0 aromatic rings. The number of nitrogens with one attached hydrogen (secondary N) is 1. The van der Waals surface area contributed by atoms with Crippen LogP contribution in [0.1, 0.15) is 40.0 Å². The van der Waals surface area contributed by atoms with Crippen LogP contribution in [0.25, 0.3) is 0 Å². The first-order valence-electron chi connectivity index (χ1n) is 6.75. The van der Waals surface area contributed by atoms with E-state index in [1.807, 2.05) is 0 Å². The molecule has 3 nitrogen and oxygen atoms in total. The second-order valence-electron chi connectivity index (χ2n) is 5.32. The van der Waals surface area contributed by atoms with Crippen LogP contribution in [-0.2, 0) is 0 Å². The van der Waals surface area contributed by atoms with Crippen molar-refractivity contribution in [3.8, 4) is 0 Å². The predicted octanol–water partition coefficient (Wildman–Crippen LogP) is 1.47. The smallest absolute Gasteiger partial charge is 0.0597 e. The summed E-state index contributed by atoms with van der Waals surface area (Å²) >= 11 is 0. The van der Waals surface area contributed by atoms with Crippen molar-refractivity contribution in [3.05, 3.63) is 0 Å². The zero-order valence-corrected chi connectivity index (χ0v) is 11.1. The van der Waals surface area contributed by atoms with Crippen molar-refractivity contribution in [2.45, 2.75) is 52.1 Å². The first kappa shape index (κ1) is 13.9. The molecule has 0 spiro atoms. The van der Waals surface area contributed by atoms with E-state index in [0.29, 0.717) is 6.04 Å². The Labute approximate surface area is 100 Å². The van der Waals surface area contributed by atoms with Crippen molar-refractivity contribution in [2.24, 2.45) is 5.92 Å². The highest BCUT2D eigenvalue weighted by Gasteiger charge is 2.26. The molecule has 0 bridgehead atoms. The maximum Gasteiger partial charge on any atom is 0.0597 e. The highest BCUT2D eigenvalue weighted by atomic mass is 16.3. The highest BCUT2D eigenvalue weighted by molar-refractivity contribution is 4.81. The molecular weight excluding hydrogens is 200 g/mol. The Hall–Kier alpha value is -0.120. The molecule has 0 aromatic carbocycles. The van der Waals surface area contributed by atoms with E-state index in [4.69, 9.17) is 0 Å². The number of hydrogen-bond donors (Lipinski definition) is 2. The van der Waals surface area contributed by atoms with Crippen LogP contribution in [0.4, 0.5) is 0 Å². The fraction of sp³-hybridized carbons (Fsp3) is 1.00. The van der Waals surface area contributed by atoms with Crippen LogP contribution in [0, 0.1) is 5.92 Å². The molecule has 0 aromatic heterocycles. The van der Waals surface area contributed by atoms with Crippen molar-refractivity contribution in [3.63, 3.8) is 0 Å². The first-order valence-corrected chi connectivity index (χ1v) is 6.75. The normalized spacial score (nSPS) is 18.4. The summed E-state index contributed by atoms with van der Waals surface area (Å²) in [4.78, 5) is 2.50. The molecule has 0 heterocycles. The Morgan fingerprint density at radius 1 is 1.38 bits per heavy atom. The molecule has 1 aliphatic carbocycles. The Kier molecular flexibility index (Phi) is 6.32. The molecule has 1 unspecified atom stereocenters. The summed E-state index contributed by atoms with van der Waals surface area (Å²) in [6.07, 6.45) is 3.92. The standard InChI is InChI=1S/C13H28N2O/c1-4-7-14-13(10-16)9-15(11(2)3)8-12-5-6-12/h11-14,16H,4-10H2,1-3H3. The molecule has 1 rings (SSSR count). The molecule has 2 N–H and O–H groups in total. The Bertz CT molecular complexity index is 181. The topological polar surface area (TPSA) is 35.5 Å². The minimum atomic E-state index is 0.237. The predicted molar refractivity (Wildman–Crippen MR) is 68.6 cm³/mol. The van der Waals surface area contributed by atoms with Gasteiger partial charge in [-0.15, -0.1) is 0 Å². The van der Waals surface area contributed by atoms with Gasteiger partial charge in [0.1, 0.15) is 0 Å². The van der Waals surface area contributed by atoms with E-state index in [1.165, 1.54) is 19.4 Å². The van der Waals surface area contributed by atoms with Gasteiger partial charge in [0.2, 0.25) is 0 Å². The molecule has 16 heavy (non-hydrogen) atoms. The van der Waals surface area contributed by atoms with E-state index in [1.54, 1.807) is 0 Å². The number of rotatable bonds is 9. The number of aliphatic hydroxyl groups excluding tert-OH is 1. The van der Waals surface area contributed by atoms with Crippen LogP contribution in [0.2, 0.25) is 0 Å². The van der Waals surface area contributed by atoms with Gasteiger partial charge >= 0.3 is 0 Å². The second-order valence-corrected chi connectivity index (χ2v) is 5.32. The molecule has 1 aliphatic rings. The molecule has 0 aliphatic heterocycles. The third-order valence-corrected chi connectivity index (χ3v) is 3.28. The van der Waals surface area contributed by atoms with Gasteiger partial charge in [-0.25, -0.2) is 0 Å². The highest BCUT2D eigenvalue weighted by Crippen LogP contribution is 2.30. The molecule has 96 valence electrons. The van der Waals surface area contributed by atoms with E-state index in [2.05, 4.69) is 31.0 Å². The zero-order valence-electron chi connectivity index (χ0n) is 11.1. The maximum absolute atomic E-state index is 9.34. The van der Waals surface area contributed by atoms with E-state index in [0.717, 1.165) is 25.4 Å². The minimum Gasteiger partial charge on any atom is -0.395 e. The SMILES string of the molecule is CCCNC(CO)CN(CC1CC1)C(C)C. The van der Waals surface area contributed by atoms with Gasteiger partial charge in [0, 0.05) is 25.2 Å². The van der Waals surface area contributed by atoms with Crippen LogP contribution in [0.5, 0.6) is 0 Å². The third kappa shape index (κ3) is 5.28. The Morgan fingerprint density at radius 2 is 2.06 bits per heavy atom. The van der Waals surface area contributed by atoms with Crippen molar-refractivity contribution in [1.82, 2.24) is 10.2 Å². The van der Waals surface area contributed by atoms with Gasteiger partial charge in [0.15, 0.2) is 0 Å². The summed E-state index contributed by atoms with van der Waals surface area (Å²) in [5.74, 6) is 0.924. The second kappa shape index (κ2) is 7.25. The molecule has 1 saturated carbocycles. The molecule has 0 amide bonds. The van der Waals surface area contributed by atoms with Crippen LogP contribution in [0.3, 0.4) is 0 Å². The summed E-state index contributed by atoms with van der Waals surface area (Å²) in [5.41, 5.74) is 0. The molecule has 0 radical (unpaired) electrons. The van der Waals surface area contributed by atoms with Crippen molar-refractivity contribution in [1.29, 1.82) is 0 Å². The molecule has 0 saturated heterocycles. The summed E-state index contributed by atoms with van der Waals surface area (Å²) in [6.45, 7) is 10.1. The molecule has 1 fully saturated rings. The largest absolute Gasteiger partial charge is 0.395 e. The minimum absolute atomic E-state index is 0.237. The van der Waals surface area contributed by atoms with Crippen LogP contribution in [-0.4, -0.2) is 48.3 Å².